The van der Waals surface area contributed by atoms with Crippen LogP contribution in [0.4, 0.5) is 0 Å². The molecule has 0 N–H and O–H groups in total. The lowest BCUT2D eigenvalue weighted by atomic mass is 9.95. The molecule has 0 aromatic rings. The van der Waals surface area contributed by atoms with Crippen LogP contribution in [0, 0.1) is 5.92 Å². The molecule has 1 unspecified atom stereocenters. The molecule has 3 heteroatoms. The standard InChI is InChI=1S/C13H24N2O/c1-14-8-5-9-15(2)12(10-14)13(16)11-6-3-4-7-11/h11-12H,3-10H2,1-2H3. The van der Waals surface area contributed by atoms with Gasteiger partial charge in [0.25, 0.3) is 0 Å². The van der Waals surface area contributed by atoms with E-state index in [0.29, 0.717) is 11.7 Å². The van der Waals surface area contributed by atoms with Crippen LogP contribution in [-0.4, -0.2) is 55.4 Å². The molecule has 1 atom stereocenters. The summed E-state index contributed by atoms with van der Waals surface area (Å²) in [5, 5.41) is 0. The minimum atomic E-state index is 0.149. The fourth-order valence-corrected chi connectivity index (χ4v) is 3.06. The van der Waals surface area contributed by atoms with Crippen LogP contribution in [-0.2, 0) is 4.79 Å². The van der Waals surface area contributed by atoms with E-state index in [4.69, 9.17) is 0 Å². The molecule has 92 valence electrons. The van der Waals surface area contributed by atoms with Gasteiger partial charge in [-0.1, -0.05) is 12.8 Å². The monoisotopic (exact) mass is 224 g/mol. The van der Waals surface area contributed by atoms with Crippen molar-refractivity contribution in [2.75, 3.05) is 33.7 Å². The molecular weight excluding hydrogens is 200 g/mol. The predicted molar refractivity (Wildman–Crippen MR) is 65.5 cm³/mol. The number of carbonyl (C=O) groups is 1. The van der Waals surface area contributed by atoms with Crippen LogP contribution in [0.2, 0.25) is 0 Å². The van der Waals surface area contributed by atoms with Crippen LogP contribution in [0.15, 0.2) is 0 Å². The maximum atomic E-state index is 12.4. The van der Waals surface area contributed by atoms with E-state index in [1.807, 2.05) is 0 Å². The number of hydrogen-bond donors (Lipinski definition) is 0. The van der Waals surface area contributed by atoms with Gasteiger partial charge in [-0.25, -0.2) is 0 Å². The van der Waals surface area contributed by atoms with Crippen molar-refractivity contribution in [1.82, 2.24) is 9.80 Å². The maximum Gasteiger partial charge on any atom is 0.154 e. The van der Waals surface area contributed by atoms with Gasteiger partial charge >= 0.3 is 0 Å². The number of carbonyl (C=O) groups excluding carboxylic acids is 1. The third-order valence-electron chi connectivity index (χ3n) is 4.15. The first-order valence-corrected chi connectivity index (χ1v) is 6.61. The van der Waals surface area contributed by atoms with Crippen LogP contribution in [0.1, 0.15) is 32.1 Å². The summed E-state index contributed by atoms with van der Waals surface area (Å²) in [6.07, 6.45) is 5.95. The van der Waals surface area contributed by atoms with Gasteiger partial charge in [0.1, 0.15) is 0 Å². The van der Waals surface area contributed by atoms with Gasteiger partial charge in [0.05, 0.1) is 6.04 Å². The van der Waals surface area contributed by atoms with Gasteiger partial charge in [-0.3, -0.25) is 9.69 Å². The highest BCUT2D eigenvalue weighted by Crippen LogP contribution is 2.27. The molecule has 0 spiro atoms. The second-order valence-corrected chi connectivity index (χ2v) is 5.50. The zero-order valence-corrected chi connectivity index (χ0v) is 10.6. The Kier molecular flexibility index (Phi) is 3.98. The van der Waals surface area contributed by atoms with E-state index in [2.05, 4.69) is 23.9 Å². The van der Waals surface area contributed by atoms with Gasteiger partial charge in [-0.15, -0.1) is 0 Å². The van der Waals surface area contributed by atoms with Crippen molar-refractivity contribution in [1.29, 1.82) is 0 Å². The zero-order chi connectivity index (χ0) is 11.5. The molecule has 0 aromatic carbocycles. The molecule has 3 nitrogen and oxygen atoms in total. The van der Waals surface area contributed by atoms with Crippen molar-refractivity contribution in [2.45, 2.75) is 38.1 Å². The van der Waals surface area contributed by atoms with Gasteiger partial charge in [-0.05, 0) is 46.4 Å². The largest absolute Gasteiger partial charge is 0.304 e. The SMILES string of the molecule is CN1CCCN(C)C(C(=O)C2CCCC2)C1. The smallest absolute Gasteiger partial charge is 0.154 e. The van der Waals surface area contributed by atoms with Crippen LogP contribution >= 0.6 is 0 Å². The van der Waals surface area contributed by atoms with Gasteiger partial charge < -0.3 is 4.90 Å². The summed E-state index contributed by atoms with van der Waals surface area (Å²) in [6.45, 7) is 3.11. The molecule has 1 aliphatic carbocycles. The first-order valence-electron chi connectivity index (χ1n) is 6.61. The Labute approximate surface area is 98.8 Å². The number of Topliss-reactive ketones (excluding diaryl/α,β-unsaturated/α-hetero) is 1. The van der Waals surface area contributed by atoms with E-state index in [1.165, 1.54) is 19.3 Å². The molecular formula is C13H24N2O. The highest BCUT2D eigenvalue weighted by atomic mass is 16.1. The predicted octanol–water partition coefficient (Wildman–Crippen LogP) is 1.38. The number of likely N-dealkylation sites (N-methyl/N-ethyl adjacent to an activating group) is 2. The number of hydrogen-bond acceptors (Lipinski definition) is 3. The van der Waals surface area contributed by atoms with Crippen molar-refractivity contribution in [3.05, 3.63) is 0 Å². The number of ketones is 1. The van der Waals surface area contributed by atoms with E-state index in [9.17, 15) is 4.79 Å². The lowest BCUT2D eigenvalue weighted by Gasteiger charge is -2.28. The lowest BCUT2D eigenvalue weighted by Crippen LogP contribution is -2.45. The molecule has 0 radical (unpaired) electrons. The quantitative estimate of drug-likeness (QED) is 0.708. The average molecular weight is 224 g/mol. The van der Waals surface area contributed by atoms with Crippen molar-refractivity contribution in [3.8, 4) is 0 Å². The van der Waals surface area contributed by atoms with Gasteiger partial charge in [0.2, 0.25) is 0 Å². The minimum absolute atomic E-state index is 0.149. The summed E-state index contributed by atoms with van der Waals surface area (Å²) < 4.78 is 0. The zero-order valence-electron chi connectivity index (χ0n) is 10.6. The Hall–Kier alpha value is -0.410. The van der Waals surface area contributed by atoms with Crippen molar-refractivity contribution in [3.63, 3.8) is 0 Å². The van der Waals surface area contributed by atoms with E-state index in [0.717, 1.165) is 32.5 Å². The summed E-state index contributed by atoms with van der Waals surface area (Å²) in [5.74, 6) is 0.868. The van der Waals surface area contributed by atoms with Crippen LogP contribution in [0.3, 0.4) is 0 Å². The van der Waals surface area contributed by atoms with Crippen molar-refractivity contribution < 1.29 is 4.79 Å². The molecule has 2 rings (SSSR count). The summed E-state index contributed by atoms with van der Waals surface area (Å²) in [6, 6.07) is 0.149. The highest BCUT2D eigenvalue weighted by Gasteiger charge is 2.33. The Morgan fingerprint density at radius 3 is 2.44 bits per heavy atom. The molecule has 0 amide bonds. The Morgan fingerprint density at radius 2 is 1.75 bits per heavy atom. The van der Waals surface area contributed by atoms with Crippen molar-refractivity contribution in [2.24, 2.45) is 5.92 Å². The Bertz CT molecular complexity index is 248. The molecule has 2 fully saturated rings. The van der Waals surface area contributed by atoms with E-state index in [1.54, 1.807) is 0 Å². The molecule has 1 aliphatic heterocycles. The fourth-order valence-electron chi connectivity index (χ4n) is 3.06. The van der Waals surface area contributed by atoms with E-state index < -0.39 is 0 Å². The van der Waals surface area contributed by atoms with Gasteiger partial charge in [0, 0.05) is 12.5 Å². The Morgan fingerprint density at radius 1 is 1.06 bits per heavy atom. The highest BCUT2D eigenvalue weighted by molar-refractivity contribution is 5.86. The van der Waals surface area contributed by atoms with Crippen LogP contribution < -0.4 is 0 Å². The molecule has 1 saturated carbocycles. The first kappa shape index (κ1) is 12.1. The summed E-state index contributed by atoms with van der Waals surface area (Å²) in [7, 11) is 4.24. The second-order valence-electron chi connectivity index (χ2n) is 5.50. The average Bonchev–Trinajstić information content (AvgIpc) is 2.72. The topological polar surface area (TPSA) is 23.6 Å². The van der Waals surface area contributed by atoms with Crippen molar-refractivity contribution >= 4 is 5.78 Å². The number of nitrogens with zero attached hydrogens (tertiary/aromatic N) is 2. The third kappa shape index (κ3) is 2.64. The molecule has 1 saturated heterocycles. The summed E-state index contributed by atoms with van der Waals surface area (Å²) in [4.78, 5) is 17.0. The minimum Gasteiger partial charge on any atom is -0.304 e. The van der Waals surface area contributed by atoms with Crippen LogP contribution in [0.25, 0.3) is 0 Å². The molecule has 0 aromatic heterocycles. The molecule has 2 aliphatic rings. The maximum absolute atomic E-state index is 12.4. The third-order valence-corrected chi connectivity index (χ3v) is 4.15. The molecule has 0 bridgehead atoms. The van der Waals surface area contributed by atoms with Crippen LogP contribution in [0.5, 0.6) is 0 Å². The summed E-state index contributed by atoms with van der Waals surface area (Å²) in [5.41, 5.74) is 0. The lowest BCUT2D eigenvalue weighted by molar-refractivity contribution is -0.127. The Balaban J connectivity index is 2.01. The fraction of sp³-hybridized carbons (Fsp3) is 0.923. The second kappa shape index (κ2) is 5.28. The summed E-state index contributed by atoms with van der Waals surface area (Å²) >= 11 is 0. The van der Waals surface area contributed by atoms with Gasteiger partial charge in [-0.2, -0.15) is 0 Å². The first-order chi connectivity index (χ1) is 7.68. The normalized spacial score (nSPS) is 30.5. The molecule has 1 heterocycles. The molecule has 16 heavy (non-hydrogen) atoms. The van der Waals surface area contributed by atoms with E-state index in [-0.39, 0.29) is 6.04 Å². The van der Waals surface area contributed by atoms with Gasteiger partial charge in [0.15, 0.2) is 5.78 Å². The van der Waals surface area contributed by atoms with E-state index >= 15 is 0 Å². The number of rotatable bonds is 2.